The number of anilines is 2. The summed E-state index contributed by atoms with van der Waals surface area (Å²) in [5.41, 5.74) is 8.74. The van der Waals surface area contributed by atoms with Crippen LogP contribution >= 0.6 is 0 Å². The fraction of sp³-hybridized carbons (Fsp3) is 0. The molecule has 0 unspecified atom stereocenters. The first-order chi connectivity index (χ1) is 19.8. The van der Waals surface area contributed by atoms with Crippen molar-refractivity contribution >= 4 is 54.9 Å². The van der Waals surface area contributed by atoms with E-state index in [1.807, 2.05) is 12.1 Å². The Balaban J connectivity index is 1.12. The Morgan fingerprint density at radius 1 is 0.425 bits per heavy atom. The monoisotopic (exact) mass is 511 g/mol. The molecular weight excluding hydrogens is 486 g/mol. The second-order valence-corrected chi connectivity index (χ2v) is 10.3. The van der Waals surface area contributed by atoms with Crippen LogP contribution < -0.4 is 5.32 Å². The highest BCUT2D eigenvalue weighted by Crippen LogP contribution is 2.39. The molecule has 0 amide bonds. The van der Waals surface area contributed by atoms with Crippen LogP contribution in [0.3, 0.4) is 0 Å². The summed E-state index contributed by atoms with van der Waals surface area (Å²) in [7, 11) is 0. The zero-order valence-electron chi connectivity index (χ0n) is 21.8. The highest BCUT2D eigenvalue weighted by molar-refractivity contribution is 6.18. The lowest BCUT2D eigenvalue weighted by atomic mass is 9.97. The van der Waals surface area contributed by atoms with Gasteiger partial charge < -0.3 is 9.73 Å². The van der Waals surface area contributed by atoms with Crippen LogP contribution in [0.15, 0.2) is 150 Å². The Morgan fingerprint density at radius 2 is 1.10 bits per heavy atom. The number of benzene rings is 7. The van der Waals surface area contributed by atoms with E-state index in [0.717, 1.165) is 38.7 Å². The van der Waals surface area contributed by atoms with Crippen molar-refractivity contribution in [1.29, 1.82) is 0 Å². The van der Waals surface area contributed by atoms with E-state index in [4.69, 9.17) is 4.42 Å². The van der Waals surface area contributed by atoms with Gasteiger partial charge in [0.15, 0.2) is 0 Å². The van der Waals surface area contributed by atoms with E-state index < -0.39 is 0 Å². The molecule has 188 valence electrons. The van der Waals surface area contributed by atoms with Crippen molar-refractivity contribution in [2.24, 2.45) is 0 Å². The summed E-state index contributed by atoms with van der Waals surface area (Å²) < 4.78 is 6.35. The molecule has 1 N–H and O–H groups in total. The molecule has 1 aromatic heterocycles. The van der Waals surface area contributed by atoms with E-state index in [1.54, 1.807) is 0 Å². The molecule has 2 nitrogen and oxygen atoms in total. The minimum atomic E-state index is 0.887. The first-order valence-corrected chi connectivity index (χ1v) is 13.6. The molecule has 40 heavy (non-hydrogen) atoms. The van der Waals surface area contributed by atoms with Crippen LogP contribution in [0.4, 0.5) is 11.4 Å². The van der Waals surface area contributed by atoms with Crippen LogP contribution in [-0.2, 0) is 0 Å². The summed E-state index contributed by atoms with van der Waals surface area (Å²) in [6.07, 6.45) is 0. The van der Waals surface area contributed by atoms with E-state index in [2.05, 4.69) is 139 Å². The number of furan rings is 1. The largest absolute Gasteiger partial charge is 0.455 e. The van der Waals surface area contributed by atoms with E-state index in [-0.39, 0.29) is 0 Å². The summed E-state index contributed by atoms with van der Waals surface area (Å²) in [5, 5.41) is 10.7. The fourth-order valence-electron chi connectivity index (χ4n) is 5.81. The van der Waals surface area contributed by atoms with Gasteiger partial charge in [0.1, 0.15) is 11.2 Å². The standard InChI is InChI=1S/C38H25NO/c1-2-9-28-24-31(16-15-25(28)7-1)30-11-5-10-29(23-30)26-17-20-32(21-18-26)39-35-13-6-14-36-37(35)34-22-19-27-8-3-4-12-33(27)38(34)40-36/h1-24,39H. The number of hydrogen-bond acceptors (Lipinski definition) is 2. The Bertz CT molecular complexity index is 2190. The predicted octanol–water partition coefficient (Wildman–Crippen LogP) is 11.0. The number of nitrogens with one attached hydrogen (secondary N) is 1. The molecule has 2 heteroatoms. The number of fused-ring (bicyclic) bond motifs is 6. The van der Waals surface area contributed by atoms with Gasteiger partial charge in [0.25, 0.3) is 0 Å². The van der Waals surface area contributed by atoms with Crippen molar-refractivity contribution in [1.82, 2.24) is 0 Å². The van der Waals surface area contributed by atoms with Gasteiger partial charge in [-0.2, -0.15) is 0 Å². The molecule has 0 bridgehead atoms. The minimum Gasteiger partial charge on any atom is -0.455 e. The van der Waals surface area contributed by atoms with Crippen molar-refractivity contribution in [3.8, 4) is 22.3 Å². The molecule has 7 aromatic carbocycles. The van der Waals surface area contributed by atoms with Gasteiger partial charge in [0, 0.05) is 16.5 Å². The first kappa shape index (κ1) is 22.6. The van der Waals surface area contributed by atoms with Crippen molar-refractivity contribution in [3.05, 3.63) is 146 Å². The third-order valence-corrected chi connectivity index (χ3v) is 7.83. The molecule has 0 aliphatic rings. The highest BCUT2D eigenvalue weighted by Gasteiger charge is 2.13. The smallest absolute Gasteiger partial charge is 0.143 e. The number of hydrogen-bond donors (Lipinski definition) is 1. The SMILES string of the molecule is c1cc(-c2ccc(Nc3cccc4oc5c6ccccc6ccc5c34)cc2)cc(-c2ccc3ccccc3c2)c1. The molecule has 0 spiro atoms. The van der Waals surface area contributed by atoms with Gasteiger partial charge in [-0.15, -0.1) is 0 Å². The predicted molar refractivity (Wildman–Crippen MR) is 169 cm³/mol. The van der Waals surface area contributed by atoms with Gasteiger partial charge in [-0.3, -0.25) is 0 Å². The second kappa shape index (κ2) is 9.14. The summed E-state index contributed by atoms with van der Waals surface area (Å²) in [5.74, 6) is 0. The lowest BCUT2D eigenvalue weighted by Gasteiger charge is -2.10. The van der Waals surface area contributed by atoms with Gasteiger partial charge in [-0.1, -0.05) is 103 Å². The maximum atomic E-state index is 6.35. The molecule has 0 saturated heterocycles. The van der Waals surface area contributed by atoms with Gasteiger partial charge in [0.2, 0.25) is 0 Å². The van der Waals surface area contributed by atoms with Crippen LogP contribution in [-0.4, -0.2) is 0 Å². The molecule has 1 heterocycles. The zero-order chi connectivity index (χ0) is 26.5. The second-order valence-electron chi connectivity index (χ2n) is 10.3. The highest BCUT2D eigenvalue weighted by atomic mass is 16.3. The van der Waals surface area contributed by atoms with Gasteiger partial charge >= 0.3 is 0 Å². The summed E-state index contributed by atoms with van der Waals surface area (Å²) >= 11 is 0. The fourth-order valence-corrected chi connectivity index (χ4v) is 5.81. The normalized spacial score (nSPS) is 11.5. The Morgan fingerprint density at radius 3 is 1.98 bits per heavy atom. The Kier molecular flexibility index (Phi) is 5.17. The van der Waals surface area contributed by atoms with Gasteiger partial charge in [0.05, 0.1) is 11.1 Å². The average Bonchev–Trinajstić information content (AvgIpc) is 3.42. The van der Waals surface area contributed by atoms with E-state index in [0.29, 0.717) is 0 Å². The molecule has 0 aliphatic carbocycles. The van der Waals surface area contributed by atoms with Gasteiger partial charge in [-0.25, -0.2) is 0 Å². The molecule has 0 fully saturated rings. The van der Waals surface area contributed by atoms with Crippen LogP contribution in [0.2, 0.25) is 0 Å². The van der Waals surface area contributed by atoms with Crippen LogP contribution in [0.5, 0.6) is 0 Å². The maximum absolute atomic E-state index is 6.35. The van der Waals surface area contributed by atoms with E-state index >= 15 is 0 Å². The lowest BCUT2D eigenvalue weighted by molar-refractivity contribution is 0.673. The van der Waals surface area contributed by atoms with Crippen LogP contribution in [0, 0.1) is 0 Å². The van der Waals surface area contributed by atoms with Crippen LogP contribution in [0.1, 0.15) is 0 Å². The lowest BCUT2D eigenvalue weighted by Crippen LogP contribution is -1.91. The molecule has 0 atom stereocenters. The van der Waals surface area contributed by atoms with E-state index in [1.165, 1.54) is 38.4 Å². The summed E-state index contributed by atoms with van der Waals surface area (Å²) in [6.45, 7) is 0. The summed E-state index contributed by atoms with van der Waals surface area (Å²) in [6, 6.07) is 51.5. The third-order valence-electron chi connectivity index (χ3n) is 7.83. The maximum Gasteiger partial charge on any atom is 0.143 e. The van der Waals surface area contributed by atoms with Crippen molar-refractivity contribution in [3.63, 3.8) is 0 Å². The average molecular weight is 512 g/mol. The first-order valence-electron chi connectivity index (χ1n) is 13.6. The van der Waals surface area contributed by atoms with E-state index in [9.17, 15) is 0 Å². The minimum absolute atomic E-state index is 0.887. The third kappa shape index (κ3) is 3.81. The van der Waals surface area contributed by atoms with Gasteiger partial charge in [-0.05, 0) is 80.9 Å². The molecule has 0 saturated carbocycles. The molecule has 8 rings (SSSR count). The Labute approximate surface area is 232 Å². The van der Waals surface area contributed by atoms with Crippen molar-refractivity contribution < 1.29 is 4.42 Å². The van der Waals surface area contributed by atoms with Crippen LogP contribution in [0.25, 0.3) is 65.7 Å². The zero-order valence-corrected chi connectivity index (χ0v) is 21.8. The van der Waals surface area contributed by atoms with Crippen molar-refractivity contribution in [2.75, 3.05) is 5.32 Å². The molecule has 0 radical (unpaired) electrons. The quantitative estimate of drug-likeness (QED) is 0.254. The molecule has 8 aromatic rings. The number of rotatable bonds is 4. The summed E-state index contributed by atoms with van der Waals surface area (Å²) in [4.78, 5) is 0. The Hall–Kier alpha value is -5.34. The molecule has 0 aliphatic heterocycles. The molecular formula is C38H25NO. The topological polar surface area (TPSA) is 25.2 Å². The van der Waals surface area contributed by atoms with Crippen molar-refractivity contribution in [2.45, 2.75) is 0 Å².